The Morgan fingerprint density at radius 3 is 2.31 bits per heavy atom. The number of nitrogens with one attached hydrogen (secondary N) is 1. The summed E-state index contributed by atoms with van der Waals surface area (Å²) in [4.78, 5) is 27.3. The molecule has 3 aromatic carbocycles. The minimum Gasteiger partial charge on any atom is -0.326 e. The van der Waals surface area contributed by atoms with Crippen LogP contribution >= 0.6 is 11.8 Å². The number of thioether (sulfide) groups is 1. The molecule has 1 N–H and O–H groups in total. The lowest BCUT2D eigenvalue weighted by atomic mass is 9.95. The van der Waals surface area contributed by atoms with E-state index in [0.717, 1.165) is 35.3 Å². The Balaban J connectivity index is 1.48. The second kappa shape index (κ2) is 10.0. The van der Waals surface area contributed by atoms with E-state index in [0.29, 0.717) is 5.75 Å². The number of anilines is 2. The van der Waals surface area contributed by atoms with Gasteiger partial charge in [-0.25, -0.2) is 0 Å². The standard InChI is InChI=1S/C27H28N2O2S/c1-3-19-10-16-23(17-11-19)29-25(30)18-32-27(29)21-12-14-22(15-13-21)28-26(31)24(4-2)20-8-6-5-7-9-20/h5-17,24,27H,3-4,18H2,1-2H3,(H,28,31). The first kappa shape index (κ1) is 22.2. The minimum atomic E-state index is -0.180. The summed E-state index contributed by atoms with van der Waals surface area (Å²) in [6, 6.07) is 25.9. The molecule has 4 nitrogen and oxygen atoms in total. The maximum atomic E-state index is 12.8. The Labute approximate surface area is 194 Å². The van der Waals surface area contributed by atoms with Gasteiger partial charge in [0.25, 0.3) is 0 Å². The lowest BCUT2D eigenvalue weighted by Gasteiger charge is -2.25. The van der Waals surface area contributed by atoms with Gasteiger partial charge >= 0.3 is 0 Å². The molecule has 0 aromatic heterocycles. The third kappa shape index (κ3) is 4.73. The molecule has 2 unspecified atom stereocenters. The molecular formula is C27H28N2O2S. The van der Waals surface area contributed by atoms with Gasteiger partial charge in [0.15, 0.2) is 0 Å². The summed E-state index contributed by atoms with van der Waals surface area (Å²) < 4.78 is 0. The molecule has 0 bridgehead atoms. The van der Waals surface area contributed by atoms with Crippen molar-refractivity contribution in [3.63, 3.8) is 0 Å². The van der Waals surface area contributed by atoms with Crippen molar-refractivity contribution in [3.8, 4) is 0 Å². The Bertz CT molecular complexity index is 1070. The lowest BCUT2D eigenvalue weighted by Crippen LogP contribution is -2.27. The molecule has 3 aromatic rings. The summed E-state index contributed by atoms with van der Waals surface area (Å²) in [5.41, 5.74) is 5.02. The first-order chi connectivity index (χ1) is 15.6. The second-order valence-corrected chi connectivity index (χ2v) is 9.00. The third-order valence-electron chi connectivity index (χ3n) is 5.88. The Hall–Kier alpha value is -3.05. The fraction of sp³-hybridized carbons (Fsp3) is 0.259. The van der Waals surface area contributed by atoms with Gasteiger partial charge in [-0.05, 0) is 53.8 Å². The SMILES string of the molecule is CCc1ccc(N2C(=O)CSC2c2ccc(NC(=O)C(CC)c3ccccc3)cc2)cc1. The van der Waals surface area contributed by atoms with Gasteiger partial charge < -0.3 is 5.32 Å². The van der Waals surface area contributed by atoms with Crippen LogP contribution in [0.15, 0.2) is 78.9 Å². The highest BCUT2D eigenvalue weighted by Crippen LogP contribution is 2.42. The molecule has 32 heavy (non-hydrogen) atoms. The topological polar surface area (TPSA) is 49.4 Å². The van der Waals surface area contributed by atoms with Crippen molar-refractivity contribution in [2.45, 2.75) is 38.0 Å². The number of carbonyl (C=O) groups is 2. The number of amides is 2. The van der Waals surface area contributed by atoms with E-state index in [1.165, 1.54) is 5.56 Å². The highest BCUT2D eigenvalue weighted by atomic mass is 32.2. The average molecular weight is 445 g/mol. The van der Waals surface area contributed by atoms with Gasteiger partial charge in [0.05, 0.1) is 11.7 Å². The van der Waals surface area contributed by atoms with E-state index in [1.807, 2.05) is 78.6 Å². The van der Waals surface area contributed by atoms with E-state index >= 15 is 0 Å². The van der Waals surface area contributed by atoms with Gasteiger partial charge in [-0.1, -0.05) is 68.4 Å². The number of hydrogen-bond donors (Lipinski definition) is 1. The van der Waals surface area contributed by atoms with E-state index in [-0.39, 0.29) is 23.1 Å². The Kier molecular flexibility index (Phi) is 6.96. The number of benzene rings is 3. The summed E-state index contributed by atoms with van der Waals surface area (Å²) >= 11 is 1.63. The van der Waals surface area contributed by atoms with Crippen molar-refractivity contribution in [1.29, 1.82) is 0 Å². The predicted octanol–water partition coefficient (Wildman–Crippen LogP) is 6.16. The maximum Gasteiger partial charge on any atom is 0.238 e. The summed E-state index contributed by atoms with van der Waals surface area (Å²) in [5, 5.41) is 2.98. The van der Waals surface area contributed by atoms with Crippen molar-refractivity contribution in [2.75, 3.05) is 16.0 Å². The van der Waals surface area contributed by atoms with Crippen molar-refractivity contribution in [1.82, 2.24) is 0 Å². The van der Waals surface area contributed by atoms with Crippen molar-refractivity contribution in [3.05, 3.63) is 95.6 Å². The zero-order valence-electron chi connectivity index (χ0n) is 18.5. The molecule has 1 aliphatic heterocycles. The van der Waals surface area contributed by atoms with Crippen LogP contribution in [0.1, 0.15) is 48.3 Å². The van der Waals surface area contributed by atoms with Gasteiger partial charge in [-0.15, -0.1) is 11.8 Å². The molecule has 0 aliphatic carbocycles. The van der Waals surface area contributed by atoms with E-state index in [9.17, 15) is 9.59 Å². The molecule has 1 aliphatic rings. The number of nitrogens with zero attached hydrogens (tertiary/aromatic N) is 1. The minimum absolute atomic E-state index is 0.00508. The highest BCUT2D eigenvalue weighted by molar-refractivity contribution is 8.00. The molecule has 0 saturated carbocycles. The van der Waals surface area contributed by atoms with Crippen molar-refractivity contribution in [2.24, 2.45) is 0 Å². The molecule has 164 valence electrons. The molecular weight excluding hydrogens is 416 g/mol. The van der Waals surface area contributed by atoms with Gasteiger partial charge in [0.1, 0.15) is 5.37 Å². The van der Waals surface area contributed by atoms with Gasteiger partial charge in [0.2, 0.25) is 11.8 Å². The van der Waals surface area contributed by atoms with E-state index in [2.05, 4.69) is 24.4 Å². The van der Waals surface area contributed by atoms with Crippen LogP contribution in [0.2, 0.25) is 0 Å². The van der Waals surface area contributed by atoms with Gasteiger partial charge in [-0.3, -0.25) is 14.5 Å². The van der Waals surface area contributed by atoms with Gasteiger partial charge in [0, 0.05) is 11.4 Å². The number of aryl methyl sites for hydroxylation is 1. The highest BCUT2D eigenvalue weighted by Gasteiger charge is 2.34. The summed E-state index contributed by atoms with van der Waals surface area (Å²) in [5.74, 6) is 0.402. The average Bonchev–Trinajstić information content (AvgIpc) is 3.22. The molecule has 5 heteroatoms. The fourth-order valence-electron chi connectivity index (χ4n) is 4.06. The van der Waals surface area contributed by atoms with E-state index in [1.54, 1.807) is 11.8 Å². The van der Waals surface area contributed by atoms with Crippen LogP contribution in [-0.4, -0.2) is 17.6 Å². The summed E-state index contributed by atoms with van der Waals surface area (Å²) in [6.45, 7) is 4.15. The zero-order valence-corrected chi connectivity index (χ0v) is 19.3. The second-order valence-electron chi connectivity index (χ2n) is 7.93. The Morgan fingerprint density at radius 2 is 1.69 bits per heavy atom. The largest absolute Gasteiger partial charge is 0.326 e. The zero-order chi connectivity index (χ0) is 22.5. The maximum absolute atomic E-state index is 12.8. The van der Waals surface area contributed by atoms with Crippen LogP contribution in [0.25, 0.3) is 0 Å². The molecule has 0 spiro atoms. The number of carbonyl (C=O) groups excluding carboxylic acids is 2. The lowest BCUT2D eigenvalue weighted by molar-refractivity contribution is -0.118. The quantitative estimate of drug-likeness (QED) is 0.475. The van der Waals surface area contributed by atoms with Crippen molar-refractivity contribution < 1.29 is 9.59 Å². The number of hydrogen-bond acceptors (Lipinski definition) is 3. The van der Waals surface area contributed by atoms with E-state index in [4.69, 9.17) is 0 Å². The number of rotatable bonds is 7. The molecule has 4 rings (SSSR count). The van der Waals surface area contributed by atoms with Gasteiger partial charge in [-0.2, -0.15) is 0 Å². The fourth-order valence-corrected chi connectivity index (χ4v) is 5.24. The third-order valence-corrected chi connectivity index (χ3v) is 7.09. The first-order valence-corrected chi connectivity index (χ1v) is 12.1. The summed E-state index contributed by atoms with van der Waals surface area (Å²) in [6.07, 6.45) is 1.71. The molecule has 0 radical (unpaired) electrons. The smallest absolute Gasteiger partial charge is 0.238 e. The molecule has 2 amide bonds. The molecule has 1 saturated heterocycles. The van der Waals surface area contributed by atoms with Crippen LogP contribution in [0, 0.1) is 0 Å². The van der Waals surface area contributed by atoms with E-state index < -0.39 is 0 Å². The predicted molar refractivity (Wildman–Crippen MR) is 133 cm³/mol. The first-order valence-electron chi connectivity index (χ1n) is 11.1. The molecule has 1 fully saturated rings. The normalized spacial score (nSPS) is 16.8. The molecule has 1 heterocycles. The van der Waals surface area contributed by atoms with Crippen molar-refractivity contribution >= 4 is 35.0 Å². The summed E-state index contributed by atoms with van der Waals surface area (Å²) in [7, 11) is 0. The molecule has 2 atom stereocenters. The monoisotopic (exact) mass is 444 g/mol. The van der Waals surface area contributed by atoms with Crippen LogP contribution < -0.4 is 10.2 Å². The van der Waals surface area contributed by atoms with Crippen LogP contribution in [-0.2, 0) is 16.0 Å². The van der Waals surface area contributed by atoms with Crippen LogP contribution in [0.3, 0.4) is 0 Å². The Morgan fingerprint density at radius 1 is 1.00 bits per heavy atom. The van der Waals surface area contributed by atoms with Crippen LogP contribution in [0.4, 0.5) is 11.4 Å². The van der Waals surface area contributed by atoms with Crippen LogP contribution in [0.5, 0.6) is 0 Å².